The van der Waals surface area contributed by atoms with Crippen LogP contribution < -0.4 is 5.32 Å². The minimum absolute atomic E-state index is 0. The highest BCUT2D eigenvalue weighted by Gasteiger charge is 2.34. The largest absolute Gasteiger partial charge is 0.341 e. The number of nitrogens with one attached hydrogen (secondary N) is 1. The second-order valence-corrected chi connectivity index (χ2v) is 6.36. The Morgan fingerprint density at radius 3 is 2.56 bits per heavy atom. The number of halogens is 1. The summed E-state index contributed by atoms with van der Waals surface area (Å²) in [7, 11) is 1.98. The van der Waals surface area contributed by atoms with Crippen molar-refractivity contribution in [3.63, 3.8) is 0 Å². The van der Waals surface area contributed by atoms with Crippen molar-refractivity contribution < 1.29 is 4.79 Å². The van der Waals surface area contributed by atoms with Crippen LogP contribution in [0.15, 0.2) is 0 Å². The van der Waals surface area contributed by atoms with Crippen molar-refractivity contribution in [2.75, 3.05) is 20.1 Å². The third-order valence-electron chi connectivity index (χ3n) is 3.61. The molecule has 1 unspecified atom stereocenters. The predicted octanol–water partition coefficient (Wildman–Crippen LogP) is 2.69. The molecule has 1 N–H and O–H groups in total. The topological polar surface area (TPSA) is 32.3 Å². The number of hydrogen-bond donors (Lipinski definition) is 1. The van der Waals surface area contributed by atoms with Crippen molar-refractivity contribution in [3.8, 4) is 0 Å². The van der Waals surface area contributed by atoms with Gasteiger partial charge in [0.05, 0.1) is 0 Å². The van der Waals surface area contributed by atoms with Gasteiger partial charge < -0.3 is 10.2 Å². The summed E-state index contributed by atoms with van der Waals surface area (Å²) in [6.07, 6.45) is 3.27. The summed E-state index contributed by atoms with van der Waals surface area (Å²) < 4.78 is 0. The molecule has 1 aliphatic heterocycles. The van der Waals surface area contributed by atoms with Gasteiger partial charge in [-0.25, -0.2) is 0 Å². The summed E-state index contributed by atoms with van der Waals surface area (Å²) >= 11 is 0. The van der Waals surface area contributed by atoms with Gasteiger partial charge in [0.2, 0.25) is 5.91 Å². The SMILES string of the molecule is CNC1CCCN(C(=O)C(C)(C)CC(C)C)C1.Cl. The van der Waals surface area contributed by atoms with Crippen molar-refractivity contribution >= 4 is 18.3 Å². The Labute approximate surface area is 118 Å². The molecule has 1 rings (SSSR count). The van der Waals surface area contributed by atoms with Gasteiger partial charge in [-0.05, 0) is 32.2 Å². The maximum atomic E-state index is 12.5. The molecule has 3 nitrogen and oxygen atoms in total. The van der Waals surface area contributed by atoms with E-state index in [1.807, 2.05) is 11.9 Å². The first-order valence-electron chi connectivity index (χ1n) is 6.83. The Balaban J connectivity index is 0.00000289. The molecule has 1 aliphatic rings. The molecule has 1 heterocycles. The lowest BCUT2D eigenvalue weighted by Crippen LogP contribution is -2.51. The van der Waals surface area contributed by atoms with Gasteiger partial charge in [-0.15, -0.1) is 12.4 Å². The number of hydrogen-bond acceptors (Lipinski definition) is 2. The van der Waals surface area contributed by atoms with E-state index in [2.05, 4.69) is 33.0 Å². The highest BCUT2D eigenvalue weighted by Crippen LogP contribution is 2.29. The molecule has 0 saturated carbocycles. The molecule has 0 spiro atoms. The summed E-state index contributed by atoms with van der Waals surface area (Å²) in [4.78, 5) is 14.6. The lowest BCUT2D eigenvalue weighted by atomic mass is 9.82. The smallest absolute Gasteiger partial charge is 0.228 e. The van der Waals surface area contributed by atoms with Crippen molar-refractivity contribution in [2.45, 2.75) is 53.0 Å². The van der Waals surface area contributed by atoms with Crippen molar-refractivity contribution in [1.29, 1.82) is 0 Å². The molecule has 1 fully saturated rings. The monoisotopic (exact) mass is 276 g/mol. The first kappa shape index (κ1) is 17.7. The summed E-state index contributed by atoms with van der Waals surface area (Å²) in [5.41, 5.74) is -0.218. The van der Waals surface area contributed by atoms with E-state index >= 15 is 0 Å². The lowest BCUT2D eigenvalue weighted by molar-refractivity contribution is -0.142. The van der Waals surface area contributed by atoms with Gasteiger partial charge in [-0.3, -0.25) is 4.79 Å². The number of carbonyl (C=O) groups is 1. The summed E-state index contributed by atoms with van der Waals surface area (Å²) in [6, 6.07) is 0.475. The van der Waals surface area contributed by atoms with Crippen LogP contribution in [-0.2, 0) is 4.79 Å². The van der Waals surface area contributed by atoms with E-state index in [0.29, 0.717) is 17.9 Å². The number of rotatable bonds is 4. The molecular weight excluding hydrogens is 248 g/mol. The van der Waals surface area contributed by atoms with Gasteiger partial charge in [0.25, 0.3) is 0 Å². The Bertz CT molecular complexity index is 267. The number of nitrogens with zero attached hydrogens (tertiary/aromatic N) is 1. The number of piperidine rings is 1. The Morgan fingerprint density at radius 2 is 2.06 bits per heavy atom. The lowest BCUT2D eigenvalue weighted by Gasteiger charge is -2.38. The number of likely N-dealkylation sites (N-methyl/N-ethyl adjacent to an activating group) is 1. The molecule has 0 aliphatic carbocycles. The second kappa shape index (κ2) is 7.34. The van der Waals surface area contributed by atoms with Crippen LogP contribution in [0.1, 0.15) is 47.0 Å². The Morgan fingerprint density at radius 1 is 1.44 bits per heavy atom. The van der Waals surface area contributed by atoms with E-state index < -0.39 is 0 Å². The fourth-order valence-electron chi connectivity index (χ4n) is 2.93. The minimum atomic E-state index is -0.218. The maximum absolute atomic E-state index is 12.5. The summed E-state index contributed by atoms with van der Waals surface area (Å²) in [5.74, 6) is 0.894. The molecule has 0 aromatic carbocycles. The molecule has 0 bridgehead atoms. The molecule has 18 heavy (non-hydrogen) atoms. The van der Waals surface area contributed by atoms with E-state index in [-0.39, 0.29) is 17.8 Å². The minimum Gasteiger partial charge on any atom is -0.341 e. The molecule has 1 saturated heterocycles. The van der Waals surface area contributed by atoms with Crippen LogP contribution in [0.5, 0.6) is 0 Å². The first-order valence-corrected chi connectivity index (χ1v) is 6.83. The van der Waals surface area contributed by atoms with E-state index in [1.54, 1.807) is 0 Å². The van der Waals surface area contributed by atoms with E-state index in [1.165, 1.54) is 6.42 Å². The van der Waals surface area contributed by atoms with Gasteiger partial charge >= 0.3 is 0 Å². The predicted molar refractivity (Wildman–Crippen MR) is 79.1 cm³/mol. The van der Waals surface area contributed by atoms with Crippen LogP contribution in [0.25, 0.3) is 0 Å². The zero-order valence-electron chi connectivity index (χ0n) is 12.5. The first-order chi connectivity index (χ1) is 7.86. The van der Waals surface area contributed by atoms with Crippen molar-refractivity contribution in [1.82, 2.24) is 10.2 Å². The summed E-state index contributed by atoms with van der Waals surface area (Å²) in [5, 5.41) is 3.29. The van der Waals surface area contributed by atoms with E-state index in [4.69, 9.17) is 0 Å². The second-order valence-electron chi connectivity index (χ2n) is 6.36. The molecule has 1 atom stereocenters. The van der Waals surface area contributed by atoms with Gasteiger partial charge in [-0.1, -0.05) is 27.7 Å². The molecule has 0 radical (unpaired) electrons. The average molecular weight is 277 g/mol. The van der Waals surface area contributed by atoms with Crippen LogP contribution in [0.3, 0.4) is 0 Å². The van der Waals surface area contributed by atoms with Crippen LogP contribution in [0.2, 0.25) is 0 Å². The number of carbonyl (C=O) groups excluding carboxylic acids is 1. The quantitative estimate of drug-likeness (QED) is 0.856. The maximum Gasteiger partial charge on any atom is 0.228 e. The fraction of sp³-hybridized carbons (Fsp3) is 0.929. The van der Waals surface area contributed by atoms with Crippen LogP contribution in [-0.4, -0.2) is 37.0 Å². The van der Waals surface area contributed by atoms with Crippen molar-refractivity contribution in [2.24, 2.45) is 11.3 Å². The molecule has 108 valence electrons. The van der Waals surface area contributed by atoms with E-state index in [9.17, 15) is 4.79 Å². The normalized spacial score (nSPS) is 20.8. The van der Waals surface area contributed by atoms with Gasteiger partial charge in [0.1, 0.15) is 0 Å². The van der Waals surface area contributed by atoms with Crippen LogP contribution in [0, 0.1) is 11.3 Å². The standard InChI is InChI=1S/C14H28N2O.ClH/c1-11(2)9-14(3,4)13(17)16-8-6-7-12(10-16)15-5;/h11-12,15H,6-10H2,1-5H3;1H. The van der Waals surface area contributed by atoms with Gasteiger partial charge in [-0.2, -0.15) is 0 Å². The summed E-state index contributed by atoms with van der Waals surface area (Å²) in [6.45, 7) is 10.3. The van der Waals surface area contributed by atoms with Crippen LogP contribution in [0.4, 0.5) is 0 Å². The number of amides is 1. The molecule has 1 amide bonds. The Kier molecular flexibility index (Phi) is 7.23. The van der Waals surface area contributed by atoms with Crippen molar-refractivity contribution in [3.05, 3.63) is 0 Å². The zero-order valence-corrected chi connectivity index (χ0v) is 13.3. The Hall–Kier alpha value is -0.280. The van der Waals surface area contributed by atoms with Crippen LogP contribution >= 0.6 is 12.4 Å². The number of likely N-dealkylation sites (tertiary alicyclic amines) is 1. The highest BCUT2D eigenvalue weighted by atomic mass is 35.5. The van der Waals surface area contributed by atoms with Gasteiger partial charge in [0.15, 0.2) is 0 Å². The van der Waals surface area contributed by atoms with E-state index in [0.717, 1.165) is 25.9 Å². The fourth-order valence-corrected chi connectivity index (χ4v) is 2.93. The zero-order chi connectivity index (χ0) is 13.1. The average Bonchev–Trinajstić information content (AvgIpc) is 2.26. The molecule has 0 aromatic heterocycles. The molecule has 0 aromatic rings. The highest BCUT2D eigenvalue weighted by molar-refractivity contribution is 5.85. The molecular formula is C14H29ClN2O. The third kappa shape index (κ3) is 4.77. The molecule has 4 heteroatoms. The third-order valence-corrected chi connectivity index (χ3v) is 3.61. The van der Waals surface area contributed by atoms with Gasteiger partial charge in [0, 0.05) is 24.5 Å².